The topological polar surface area (TPSA) is 47.3 Å². The molecule has 1 N–H and O–H groups in total. The van der Waals surface area contributed by atoms with Crippen molar-refractivity contribution in [3.05, 3.63) is 140 Å². The Morgan fingerprint density at radius 3 is 1.95 bits per heavy atom. The fourth-order valence-corrected chi connectivity index (χ4v) is 5.40. The first-order chi connectivity index (χ1) is 19.8. The zero-order valence-corrected chi connectivity index (χ0v) is 21.6. The van der Waals surface area contributed by atoms with Crippen molar-refractivity contribution in [1.29, 1.82) is 0 Å². The third kappa shape index (κ3) is 4.33. The number of pyridine rings is 1. The van der Waals surface area contributed by atoms with E-state index in [2.05, 4.69) is 95.6 Å². The summed E-state index contributed by atoms with van der Waals surface area (Å²) in [5.74, 6) is 0.585. The highest BCUT2D eigenvalue weighted by Crippen LogP contribution is 2.36. The van der Waals surface area contributed by atoms with E-state index in [0.717, 1.165) is 61.1 Å². The average Bonchev–Trinajstić information content (AvgIpc) is 3.36. The van der Waals surface area contributed by atoms with Crippen LogP contribution in [0.3, 0.4) is 0 Å². The van der Waals surface area contributed by atoms with Gasteiger partial charge in [-0.3, -0.25) is 0 Å². The first-order valence-corrected chi connectivity index (χ1v) is 13.2. The fourth-order valence-electron chi connectivity index (χ4n) is 5.40. The Balaban J connectivity index is 1.42. The molecule has 40 heavy (non-hydrogen) atoms. The minimum absolute atomic E-state index is 0.585. The van der Waals surface area contributed by atoms with Gasteiger partial charge in [-0.05, 0) is 59.7 Å². The number of nitrogens with zero attached hydrogens (tertiary/aromatic N) is 2. The standard InChI is InChI=1S/C35H24BN2O2/c39-36-40-29-18-19-35-31(23-29)30-16-7-8-17-34(30)38(35)28-15-9-14-26(20-28)33-22-27(24-10-3-1-4-11-24)21-32(37-33)25-12-5-2-6-13-25/h1-23,39H. The van der Waals surface area contributed by atoms with E-state index in [9.17, 15) is 0 Å². The molecule has 0 saturated heterocycles. The molecule has 7 aromatic rings. The van der Waals surface area contributed by atoms with Gasteiger partial charge in [-0.2, -0.15) is 0 Å². The first-order valence-electron chi connectivity index (χ1n) is 13.2. The average molecular weight is 515 g/mol. The van der Waals surface area contributed by atoms with E-state index in [1.54, 1.807) is 0 Å². The minimum atomic E-state index is 0.585. The Morgan fingerprint density at radius 1 is 0.525 bits per heavy atom. The number of hydrogen-bond donors (Lipinski definition) is 1. The molecule has 0 atom stereocenters. The van der Waals surface area contributed by atoms with E-state index < -0.39 is 0 Å². The summed E-state index contributed by atoms with van der Waals surface area (Å²) in [5.41, 5.74) is 9.44. The zero-order chi connectivity index (χ0) is 26.9. The number of para-hydroxylation sites is 1. The summed E-state index contributed by atoms with van der Waals surface area (Å²) in [7, 11) is 0.712. The third-order valence-corrected chi connectivity index (χ3v) is 7.23. The monoisotopic (exact) mass is 515 g/mol. The summed E-state index contributed by atoms with van der Waals surface area (Å²) >= 11 is 0. The lowest BCUT2D eigenvalue weighted by Crippen LogP contribution is -1.99. The highest BCUT2D eigenvalue weighted by atomic mass is 16.5. The van der Waals surface area contributed by atoms with Crippen molar-refractivity contribution in [3.8, 4) is 45.1 Å². The van der Waals surface area contributed by atoms with Gasteiger partial charge in [-0.1, -0.05) is 91.0 Å². The maximum Gasteiger partial charge on any atom is 0.569 e. The Labute approximate surface area is 233 Å². The van der Waals surface area contributed by atoms with Crippen molar-refractivity contribution in [2.24, 2.45) is 0 Å². The maximum absolute atomic E-state index is 9.15. The Hall–Kier alpha value is -5.13. The maximum atomic E-state index is 9.15. The van der Waals surface area contributed by atoms with E-state index in [-0.39, 0.29) is 0 Å². The highest BCUT2D eigenvalue weighted by molar-refractivity contribution is 6.17. The number of aromatic nitrogens is 2. The first kappa shape index (κ1) is 24.0. The molecule has 0 bridgehead atoms. The molecule has 2 aromatic heterocycles. The third-order valence-electron chi connectivity index (χ3n) is 7.23. The van der Waals surface area contributed by atoms with Gasteiger partial charge in [-0.25, -0.2) is 4.98 Å². The summed E-state index contributed by atoms with van der Waals surface area (Å²) in [4.78, 5) is 5.13. The molecule has 0 aliphatic carbocycles. The van der Waals surface area contributed by atoms with Gasteiger partial charge in [0.05, 0.1) is 22.4 Å². The van der Waals surface area contributed by atoms with Crippen LogP contribution < -0.4 is 4.65 Å². The lowest BCUT2D eigenvalue weighted by Gasteiger charge is -2.13. The van der Waals surface area contributed by atoms with Crippen LogP contribution in [0.4, 0.5) is 0 Å². The van der Waals surface area contributed by atoms with Crippen LogP contribution in [0.25, 0.3) is 61.1 Å². The van der Waals surface area contributed by atoms with Gasteiger partial charge < -0.3 is 14.2 Å². The van der Waals surface area contributed by atoms with Gasteiger partial charge in [0.25, 0.3) is 0 Å². The molecule has 5 heteroatoms. The van der Waals surface area contributed by atoms with Gasteiger partial charge in [-0.15, -0.1) is 0 Å². The molecule has 0 fully saturated rings. The normalized spacial score (nSPS) is 11.1. The van der Waals surface area contributed by atoms with Crippen molar-refractivity contribution < 1.29 is 9.68 Å². The second-order valence-electron chi connectivity index (χ2n) is 9.66. The van der Waals surface area contributed by atoms with Gasteiger partial charge in [0.1, 0.15) is 5.75 Å². The van der Waals surface area contributed by atoms with Gasteiger partial charge in [0, 0.05) is 27.6 Å². The molecule has 189 valence electrons. The highest BCUT2D eigenvalue weighted by Gasteiger charge is 2.15. The molecule has 0 aliphatic heterocycles. The van der Waals surface area contributed by atoms with Crippen LogP contribution in [0.2, 0.25) is 0 Å². The van der Waals surface area contributed by atoms with E-state index in [1.165, 1.54) is 0 Å². The Kier molecular flexibility index (Phi) is 6.12. The molecule has 0 unspecified atom stereocenters. The van der Waals surface area contributed by atoms with Crippen LogP contribution in [0.5, 0.6) is 5.75 Å². The Bertz CT molecular complexity index is 1910. The summed E-state index contributed by atoms with van der Waals surface area (Å²) in [6.45, 7) is 0. The van der Waals surface area contributed by atoms with Crippen molar-refractivity contribution in [2.75, 3.05) is 0 Å². The Morgan fingerprint density at radius 2 is 1.18 bits per heavy atom. The molecule has 2 heterocycles. The largest absolute Gasteiger partial charge is 0.569 e. The van der Waals surface area contributed by atoms with Crippen LogP contribution in [-0.2, 0) is 0 Å². The van der Waals surface area contributed by atoms with E-state index >= 15 is 0 Å². The van der Waals surface area contributed by atoms with Crippen molar-refractivity contribution in [3.63, 3.8) is 0 Å². The molecule has 5 aromatic carbocycles. The number of benzene rings is 5. The smallest absolute Gasteiger partial charge is 0.537 e. The molecular formula is C35H24BN2O2. The van der Waals surface area contributed by atoms with Gasteiger partial charge in [0.2, 0.25) is 0 Å². The summed E-state index contributed by atoms with van der Waals surface area (Å²) in [6, 6.07) is 47.8. The van der Waals surface area contributed by atoms with Gasteiger partial charge in [0.15, 0.2) is 0 Å². The molecule has 0 aliphatic rings. The van der Waals surface area contributed by atoms with Crippen LogP contribution in [0.15, 0.2) is 140 Å². The second kappa shape index (κ2) is 10.2. The number of rotatable bonds is 6. The second-order valence-corrected chi connectivity index (χ2v) is 9.66. The molecule has 7 rings (SSSR count). The van der Waals surface area contributed by atoms with E-state index in [1.807, 2.05) is 48.5 Å². The van der Waals surface area contributed by atoms with Crippen LogP contribution in [0.1, 0.15) is 0 Å². The van der Waals surface area contributed by atoms with Crippen molar-refractivity contribution in [1.82, 2.24) is 9.55 Å². The van der Waals surface area contributed by atoms with Crippen molar-refractivity contribution in [2.45, 2.75) is 0 Å². The minimum Gasteiger partial charge on any atom is -0.537 e. The predicted molar refractivity (Wildman–Crippen MR) is 163 cm³/mol. The number of fused-ring (bicyclic) bond motifs is 3. The summed E-state index contributed by atoms with van der Waals surface area (Å²) in [6.07, 6.45) is 0. The lowest BCUT2D eigenvalue weighted by molar-refractivity contribution is 0.454. The summed E-state index contributed by atoms with van der Waals surface area (Å²) in [5, 5.41) is 11.3. The molecular weight excluding hydrogens is 491 g/mol. The predicted octanol–water partition coefficient (Wildman–Crippen LogP) is 8.09. The van der Waals surface area contributed by atoms with Crippen LogP contribution >= 0.6 is 0 Å². The molecule has 0 amide bonds. The van der Waals surface area contributed by atoms with E-state index in [0.29, 0.717) is 13.4 Å². The molecule has 0 spiro atoms. The van der Waals surface area contributed by atoms with Gasteiger partial charge >= 0.3 is 7.69 Å². The van der Waals surface area contributed by atoms with Crippen LogP contribution in [-0.4, -0.2) is 22.3 Å². The quantitative estimate of drug-likeness (QED) is 0.228. The van der Waals surface area contributed by atoms with Crippen LogP contribution in [0, 0.1) is 0 Å². The lowest BCUT2D eigenvalue weighted by atomic mass is 10.00. The molecule has 1 radical (unpaired) electrons. The van der Waals surface area contributed by atoms with E-state index in [4.69, 9.17) is 14.7 Å². The fraction of sp³-hybridized carbons (Fsp3) is 0. The van der Waals surface area contributed by atoms with Crippen molar-refractivity contribution >= 4 is 29.5 Å². The zero-order valence-electron chi connectivity index (χ0n) is 21.6. The molecule has 4 nitrogen and oxygen atoms in total. The SMILES string of the molecule is O[B]Oc1ccc2c(c1)c1ccccc1n2-c1cccc(-c2cc(-c3ccccc3)cc(-c3ccccc3)n2)c1. The summed E-state index contributed by atoms with van der Waals surface area (Å²) < 4.78 is 7.53. The number of hydrogen-bond acceptors (Lipinski definition) is 3. The molecule has 0 saturated carbocycles.